The van der Waals surface area contributed by atoms with Gasteiger partial charge in [0.25, 0.3) is 0 Å². The zero-order chi connectivity index (χ0) is 25.1. The second-order valence-corrected chi connectivity index (χ2v) is 9.07. The van der Waals surface area contributed by atoms with E-state index in [0.29, 0.717) is 18.9 Å². The molecule has 4 aromatic rings. The van der Waals surface area contributed by atoms with Crippen LogP contribution in [0.1, 0.15) is 43.3 Å². The zero-order valence-electron chi connectivity index (χ0n) is 20.8. The van der Waals surface area contributed by atoms with Gasteiger partial charge in [-0.05, 0) is 51.0 Å². The van der Waals surface area contributed by atoms with Gasteiger partial charge in [0.05, 0.1) is 35.9 Å². The fourth-order valence-electron chi connectivity index (χ4n) is 4.79. The van der Waals surface area contributed by atoms with Crippen LogP contribution >= 0.6 is 0 Å². The number of pyridine rings is 1. The third kappa shape index (κ3) is 4.62. The van der Waals surface area contributed by atoms with E-state index in [4.69, 9.17) is 14.7 Å². The van der Waals surface area contributed by atoms with Crippen LogP contribution in [0.4, 0.5) is 0 Å². The topological polar surface area (TPSA) is 107 Å². The molecule has 1 fully saturated rings. The van der Waals surface area contributed by atoms with Gasteiger partial charge in [-0.1, -0.05) is 11.3 Å². The fraction of sp³-hybridized carbons (Fsp3) is 0.423. The maximum absolute atomic E-state index is 9.16. The Morgan fingerprint density at radius 3 is 2.75 bits per heavy atom. The maximum atomic E-state index is 9.16. The molecule has 36 heavy (non-hydrogen) atoms. The first-order valence-electron chi connectivity index (χ1n) is 12.2. The predicted molar refractivity (Wildman–Crippen MR) is 134 cm³/mol. The normalized spacial score (nSPS) is 15.2. The molecule has 1 saturated heterocycles. The molecule has 4 heterocycles. The minimum absolute atomic E-state index is 0.229. The molecule has 0 spiro atoms. The third-order valence-corrected chi connectivity index (χ3v) is 6.78. The van der Waals surface area contributed by atoms with Gasteiger partial charge in [-0.3, -0.25) is 4.98 Å². The quantitative estimate of drug-likeness (QED) is 0.345. The van der Waals surface area contributed by atoms with Gasteiger partial charge in [0.2, 0.25) is 0 Å². The Kier molecular flexibility index (Phi) is 6.82. The first kappa shape index (κ1) is 23.8. The summed E-state index contributed by atoms with van der Waals surface area (Å²) in [5.74, 6) is 0.713. The molecule has 10 nitrogen and oxygen atoms in total. The Hall–Kier alpha value is -3.97. The van der Waals surface area contributed by atoms with Crippen molar-refractivity contribution < 1.29 is 9.47 Å². The highest BCUT2D eigenvalue weighted by Crippen LogP contribution is 2.36. The summed E-state index contributed by atoms with van der Waals surface area (Å²) >= 11 is 0. The molecule has 3 aromatic heterocycles. The van der Waals surface area contributed by atoms with Crippen molar-refractivity contribution in [1.82, 2.24) is 34.4 Å². The molecule has 0 unspecified atom stereocenters. The lowest BCUT2D eigenvalue weighted by Crippen LogP contribution is -2.31. The average molecular weight is 487 g/mol. The first-order valence-corrected chi connectivity index (χ1v) is 12.2. The summed E-state index contributed by atoms with van der Waals surface area (Å²) in [7, 11) is 1.69. The number of nitrogens with zero attached hydrogens (tertiary/aromatic N) is 8. The van der Waals surface area contributed by atoms with E-state index < -0.39 is 0 Å². The number of methoxy groups -OCH3 is 1. The van der Waals surface area contributed by atoms with Gasteiger partial charge in [0.1, 0.15) is 23.1 Å². The summed E-state index contributed by atoms with van der Waals surface area (Å²) in [5.41, 5.74) is 5.29. The number of aromatic nitrogens is 6. The van der Waals surface area contributed by atoms with Crippen molar-refractivity contribution in [3.63, 3.8) is 0 Å². The first-order chi connectivity index (χ1) is 17.6. The lowest BCUT2D eigenvalue weighted by molar-refractivity contribution is 0.187. The van der Waals surface area contributed by atoms with Crippen LogP contribution in [0.5, 0.6) is 5.75 Å². The van der Waals surface area contributed by atoms with E-state index in [-0.39, 0.29) is 12.1 Å². The molecular weight excluding hydrogens is 456 g/mol. The molecule has 0 amide bonds. The molecule has 0 radical (unpaired) electrons. The van der Waals surface area contributed by atoms with E-state index in [2.05, 4.69) is 31.0 Å². The summed E-state index contributed by atoms with van der Waals surface area (Å²) in [6, 6.07) is 10.1. The average Bonchev–Trinajstić information content (AvgIpc) is 3.51. The number of ether oxygens (including phenoxy) is 2. The molecule has 186 valence electrons. The molecular formula is C26H30N8O2. The Balaban J connectivity index is 1.52. The summed E-state index contributed by atoms with van der Waals surface area (Å²) in [5, 5.41) is 18.2. The number of imidazole rings is 1. The van der Waals surface area contributed by atoms with Crippen molar-refractivity contribution in [2.45, 2.75) is 45.4 Å². The summed E-state index contributed by atoms with van der Waals surface area (Å²) in [6.45, 7) is 6.75. The number of fused-ring (bicyclic) bond motifs is 1. The highest BCUT2D eigenvalue weighted by Gasteiger charge is 2.25. The second-order valence-electron chi connectivity index (χ2n) is 9.07. The molecule has 0 N–H and O–H groups in total. The Morgan fingerprint density at radius 1 is 1.19 bits per heavy atom. The van der Waals surface area contributed by atoms with Gasteiger partial charge in [-0.2, -0.15) is 5.26 Å². The highest BCUT2D eigenvalue weighted by atomic mass is 16.5. The predicted octanol–water partition coefficient (Wildman–Crippen LogP) is 3.90. The van der Waals surface area contributed by atoms with Crippen LogP contribution in [0.15, 0.2) is 42.9 Å². The van der Waals surface area contributed by atoms with Crippen LogP contribution < -0.4 is 4.74 Å². The molecule has 1 aliphatic heterocycles. The molecule has 1 atom stereocenters. The van der Waals surface area contributed by atoms with Crippen molar-refractivity contribution in [2.75, 3.05) is 26.8 Å². The SMILES string of the molecule is COCCn1cnc2cc(-c3nnn(C4CCN(C#N)CC4)c3C)cc(O[C@H](C)c3ccccn3)c21. The molecule has 0 aliphatic carbocycles. The van der Waals surface area contributed by atoms with E-state index in [9.17, 15) is 0 Å². The van der Waals surface area contributed by atoms with Gasteiger partial charge in [-0.25, -0.2) is 9.67 Å². The van der Waals surface area contributed by atoms with Crippen molar-refractivity contribution in [3.8, 4) is 23.2 Å². The fourth-order valence-corrected chi connectivity index (χ4v) is 4.79. The highest BCUT2D eigenvalue weighted by molar-refractivity contribution is 5.87. The minimum atomic E-state index is -0.252. The second kappa shape index (κ2) is 10.3. The standard InChI is InChI=1S/C26H30N8O2/c1-18-25(30-31-34(18)21-7-10-32(16-27)11-8-21)20-14-23-26(33(17-29-23)12-13-35-3)24(15-20)36-19(2)22-6-4-5-9-28-22/h4-6,9,14-15,17,19,21H,7-8,10-13H2,1-3H3/t19-/m1/s1. The van der Waals surface area contributed by atoms with E-state index >= 15 is 0 Å². The van der Waals surface area contributed by atoms with Gasteiger partial charge < -0.3 is 18.9 Å². The summed E-state index contributed by atoms with van der Waals surface area (Å²) < 4.78 is 15.8. The van der Waals surface area contributed by atoms with Gasteiger partial charge >= 0.3 is 0 Å². The van der Waals surface area contributed by atoms with Crippen LogP contribution in [-0.4, -0.2) is 61.2 Å². The lowest BCUT2D eigenvalue weighted by atomic mass is 10.0. The Morgan fingerprint density at radius 2 is 2.03 bits per heavy atom. The van der Waals surface area contributed by atoms with E-state index in [0.717, 1.165) is 59.6 Å². The molecule has 10 heteroatoms. The monoisotopic (exact) mass is 486 g/mol. The molecule has 1 aliphatic rings. The zero-order valence-corrected chi connectivity index (χ0v) is 20.8. The molecule has 1 aromatic carbocycles. The number of benzene rings is 1. The van der Waals surface area contributed by atoms with Crippen LogP contribution in [0.3, 0.4) is 0 Å². The number of piperidine rings is 1. The van der Waals surface area contributed by atoms with Crippen molar-refractivity contribution in [3.05, 3.63) is 54.2 Å². The van der Waals surface area contributed by atoms with Crippen LogP contribution in [-0.2, 0) is 11.3 Å². The third-order valence-electron chi connectivity index (χ3n) is 6.78. The van der Waals surface area contributed by atoms with Crippen LogP contribution in [0, 0.1) is 18.4 Å². The number of hydrogen-bond acceptors (Lipinski definition) is 8. The summed E-state index contributed by atoms with van der Waals surface area (Å²) in [4.78, 5) is 10.9. The molecule has 0 saturated carbocycles. The van der Waals surface area contributed by atoms with Gasteiger partial charge in [-0.15, -0.1) is 5.10 Å². The van der Waals surface area contributed by atoms with Crippen molar-refractivity contribution in [1.29, 1.82) is 5.26 Å². The van der Waals surface area contributed by atoms with Crippen molar-refractivity contribution >= 4 is 11.0 Å². The Bertz CT molecular complexity index is 1370. The van der Waals surface area contributed by atoms with Crippen LogP contribution in [0.25, 0.3) is 22.3 Å². The molecule has 5 rings (SSSR count). The van der Waals surface area contributed by atoms with Gasteiger partial charge in [0.15, 0.2) is 6.19 Å². The number of nitriles is 1. The van der Waals surface area contributed by atoms with E-state index in [1.165, 1.54) is 0 Å². The number of rotatable bonds is 8. The smallest absolute Gasteiger partial charge is 0.179 e. The maximum Gasteiger partial charge on any atom is 0.179 e. The van der Waals surface area contributed by atoms with Crippen LogP contribution in [0.2, 0.25) is 0 Å². The minimum Gasteiger partial charge on any atom is -0.482 e. The molecule has 0 bridgehead atoms. The Labute approximate surface area is 210 Å². The largest absolute Gasteiger partial charge is 0.482 e. The number of likely N-dealkylation sites (tertiary alicyclic amines) is 1. The lowest BCUT2D eigenvalue weighted by Gasteiger charge is -2.28. The van der Waals surface area contributed by atoms with Gasteiger partial charge in [0, 0.05) is 38.5 Å². The van der Waals surface area contributed by atoms with E-state index in [1.54, 1.807) is 18.2 Å². The number of hydrogen-bond donors (Lipinski definition) is 0. The van der Waals surface area contributed by atoms with E-state index in [1.807, 2.05) is 55.2 Å². The van der Waals surface area contributed by atoms with Crippen molar-refractivity contribution in [2.24, 2.45) is 0 Å². The summed E-state index contributed by atoms with van der Waals surface area (Å²) in [6.07, 6.45) is 7.32.